The topological polar surface area (TPSA) is 296 Å². The van der Waals surface area contributed by atoms with Crippen molar-refractivity contribution in [2.24, 2.45) is 23.3 Å². The first-order valence-electron chi connectivity index (χ1n) is 24.8. The zero-order valence-corrected chi connectivity index (χ0v) is 43.2. The number of rotatable bonds is 28. The van der Waals surface area contributed by atoms with Gasteiger partial charge in [-0.1, -0.05) is 56.2 Å². The molecule has 0 aliphatic carbocycles. The van der Waals surface area contributed by atoms with Gasteiger partial charge in [0.2, 0.25) is 29.7 Å². The fourth-order valence-electron chi connectivity index (χ4n) is 8.46. The number of aromatic nitrogens is 9. The second-order valence-corrected chi connectivity index (χ2v) is 18.8. The number of nitrogens with zero attached hydrogens (tertiary/aromatic N) is 13. The number of benzene rings is 1. The Kier molecular flexibility index (Phi) is 22.8. The molecule has 2 aliphatic heterocycles. The minimum atomic E-state index is -1.02. The SMILES string of the molecule is C#CCOCCOCCOCCNc1nc(N2CCN(C(=O)[C@H](CCC(=O)O)n3cc(C(N)CC(C)C)nn3)CC2)nc(N2CCN(C(=O)[C@H](Cc3ccc(O)cc3)n3cc(C(N)CC(C)C)nn3)CC2)n1.Cl. The highest BCUT2D eigenvalue weighted by atomic mass is 35.5. The summed E-state index contributed by atoms with van der Waals surface area (Å²) in [6, 6.07) is 4.48. The van der Waals surface area contributed by atoms with Crippen LogP contribution in [0.25, 0.3) is 0 Å². The lowest BCUT2D eigenvalue weighted by Crippen LogP contribution is -2.52. The summed E-state index contributed by atoms with van der Waals surface area (Å²) >= 11 is 0. The van der Waals surface area contributed by atoms with E-state index in [1.165, 1.54) is 4.68 Å². The van der Waals surface area contributed by atoms with Crippen LogP contribution >= 0.6 is 12.4 Å². The summed E-state index contributed by atoms with van der Waals surface area (Å²) in [6.45, 7) is 13.8. The average molecular weight is 1040 g/mol. The number of ether oxygens (including phenoxy) is 3. The van der Waals surface area contributed by atoms with Crippen LogP contribution in [0.2, 0.25) is 0 Å². The van der Waals surface area contributed by atoms with Gasteiger partial charge in [0.1, 0.15) is 24.4 Å². The number of amides is 2. The van der Waals surface area contributed by atoms with Crippen LogP contribution in [-0.2, 0) is 35.0 Å². The van der Waals surface area contributed by atoms with Gasteiger partial charge in [0.25, 0.3) is 0 Å². The zero-order chi connectivity index (χ0) is 51.6. The van der Waals surface area contributed by atoms with Crippen molar-refractivity contribution in [1.82, 2.24) is 54.7 Å². The molecule has 0 saturated carbocycles. The normalized spacial score (nSPS) is 15.7. The van der Waals surface area contributed by atoms with Crippen LogP contribution in [-0.4, -0.2) is 181 Å². The van der Waals surface area contributed by atoms with Crippen molar-refractivity contribution in [3.8, 4) is 18.1 Å². The summed E-state index contributed by atoms with van der Waals surface area (Å²) in [6.07, 6.45) is 10.1. The third-order valence-corrected chi connectivity index (χ3v) is 12.3. The smallest absolute Gasteiger partial charge is 0.303 e. The molecule has 25 heteroatoms. The van der Waals surface area contributed by atoms with Crippen LogP contribution in [0.3, 0.4) is 0 Å². The molecule has 2 saturated heterocycles. The molecule has 2 amide bonds. The van der Waals surface area contributed by atoms with E-state index in [2.05, 4.69) is 59.6 Å². The van der Waals surface area contributed by atoms with E-state index in [4.69, 9.17) is 47.1 Å². The molecule has 5 heterocycles. The van der Waals surface area contributed by atoms with Gasteiger partial charge in [-0.05, 0) is 48.8 Å². The molecule has 4 aromatic rings. The minimum absolute atomic E-state index is 0. The third kappa shape index (κ3) is 17.5. The van der Waals surface area contributed by atoms with Gasteiger partial charge in [0, 0.05) is 71.7 Å². The second kappa shape index (κ2) is 28.9. The highest BCUT2D eigenvalue weighted by Gasteiger charge is 2.34. The summed E-state index contributed by atoms with van der Waals surface area (Å²) < 4.78 is 19.6. The number of phenolic OH excluding ortho intramolecular Hbond substituents is 1. The van der Waals surface area contributed by atoms with E-state index >= 15 is 0 Å². The molecule has 0 radical (unpaired) electrons. The Hall–Kier alpha value is -6.23. The maximum absolute atomic E-state index is 14.5. The fraction of sp³-hybridized carbons (Fsp3) is 0.625. The number of carboxylic acid groups (broad SMARTS) is 1. The predicted octanol–water partition coefficient (Wildman–Crippen LogP) is 2.26. The Morgan fingerprint density at radius 3 is 1.68 bits per heavy atom. The quantitative estimate of drug-likeness (QED) is 0.0403. The van der Waals surface area contributed by atoms with Crippen molar-refractivity contribution >= 4 is 48.0 Å². The van der Waals surface area contributed by atoms with Crippen molar-refractivity contribution in [2.75, 3.05) is 114 Å². The van der Waals surface area contributed by atoms with Crippen LogP contribution in [0.1, 0.15) is 94.5 Å². The van der Waals surface area contributed by atoms with E-state index in [0.717, 1.165) is 12.0 Å². The van der Waals surface area contributed by atoms with Gasteiger partial charge >= 0.3 is 5.97 Å². The van der Waals surface area contributed by atoms with E-state index in [9.17, 15) is 24.6 Å². The molecule has 73 heavy (non-hydrogen) atoms. The zero-order valence-electron chi connectivity index (χ0n) is 42.4. The molecule has 6 rings (SSSR count). The summed E-state index contributed by atoms with van der Waals surface area (Å²) in [5.41, 5.74) is 14.8. The number of terminal acetylenes is 1. The number of piperazine rings is 2. The van der Waals surface area contributed by atoms with Gasteiger partial charge < -0.3 is 60.8 Å². The van der Waals surface area contributed by atoms with E-state index in [1.807, 2.05) is 14.7 Å². The number of aromatic hydroxyl groups is 1. The summed E-state index contributed by atoms with van der Waals surface area (Å²) in [7, 11) is 0. The Balaban J connectivity index is 0.00000988. The molecule has 3 aromatic heterocycles. The van der Waals surface area contributed by atoms with Crippen LogP contribution in [0, 0.1) is 24.2 Å². The largest absolute Gasteiger partial charge is 0.508 e. The van der Waals surface area contributed by atoms with Gasteiger partial charge in [-0.3, -0.25) is 14.4 Å². The summed E-state index contributed by atoms with van der Waals surface area (Å²) in [5, 5.41) is 40.0. The van der Waals surface area contributed by atoms with Gasteiger partial charge in [-0.25, -0.2) is 9.36 Å². The van der Waals surface area contributed by atoms with Crippen LogP contribution < -0.4 is 26.6 Å². The highest BCUT2D eigenvalue weighted by Crippen LogP contribution is 2.26. The Morgan fingerprint density at radius 1 is 0.712 bits per heavy atom. The molecule has 1 aromatic carbocycles. The standard InChI is InChI=1S/C48H72N16O8.ClH/c1-6-22-70-24-26-72-27-25-71-23-13-51-46-52-47(61-18-14-59(15-19-61)44(68)41(11-12-43(66)67)63-31-39(55-57-63)37(49)28-33(2)3)54-48(53-46)62-20-16-60(17-21-62)45(69)42(30-35-7-9-36(65)10-8-35)64-32-40(56-58-64)38(50)29-34(4)5;/h1,7-10,31-34,37-38,41-42,65H,11-30,49-50H2,2-5H3,(H,66,67)(H,51,52,53,54);1H/t37?,38?,41-,42-;/m0./s1. The lowest BCUT2D eigenvalue weighted by molar-refractivity contribution is -0.139. The number of phenols is 1. The number of hydrogen-bond donors (Lipinski definition) is 5. The van der Waals surface area contributed by atoms with E-state index in [-0.39, 0.29) is 61.5 Å². The van der Waals surface area contributed by atoms with E-state index < -0.39 is 18.1 Å². The van der Waals surface area contributed by atoms with Crippen LogP contribution in [0.5, 0.6) is 5.75 Å². The number of hydrogen-bond acceptors (Lipinski definition) is 19. The van der Waals surface area contributed by atoms with Crippen LogP contribution in [0.4, 0.5) is 17.8 Å². The van der Waals surface area contributed by atoms with Gasteiger partial charge in [0.15, 0.2) is 0 Å². The first kappa shape index (κ1) is 57.7. The first-order valence-corrected chi connectivity index (χ1v) is 24.8. The van der Waals surface area contributed by atoms with Crippen molar-refractivity contribution in [3.63, 3.8) is 0 Å². The highest BCUT2D eigenvalue weighted by molar-refractivity contribution is 5.85. The average Bonchev–Trinajstić information content (AvgIpc) is 4.07. The van der Waals surface area contributed by atoms with Gasteiger partial charge in [-0.2, -0.15) is 15.0 Å². The maximum Gasteiger partial charge on any atom is 0.303 e. The lowest BCUT2D eigenvalue weighted by Gasteiger charge is -2.38. The second-order valence-electron chi connectivity index (χ2n) is 18.8. The number of aliphatic carboxylic acids is 1. The minimum Gasteiger partial charge on any atom is -0.508 e. The number of carbonyl (C=O) groups excluding carboxylic acids is 2. The molecule has 400 valence electrons. The summed E-state index contributed by atoms with van der Waals surface area (Å²) in [4.78, 5) is 62.4. The van der Waals surface area contributed by atoms with E-state index in [0.29, 0.717) is 146 Å². The third-order valence-electron chi connectivity index (χ3n) is 12.3. The van der Waals surface area contributed by atoms with Crippen molar-refractivity contribution in [1.29, 1.82) is 0 Å². The first-order chi connectivity index (χ1) is 34.7. The van der Waals surface area contributed by atoms with Crippen LogP contribution in [0.15, 0.2) is 36.7 Å². The van der Waals surface area contributed by atoms with E-state index in [1.54, 1.807) is 46.2 Å². The Morgan fingerprint density at radius 2 is 1.19 bits per heavy atom. The van der Waals surface area contributed by atoms with Crippen molar-refractivity contribution in [2.45, 2.75) is 84.0 Å². The molecule has 0 spiro atoms. The molecule has 4 atom stereocenters. The molecule has 2 aliphatic rings. The molecule has 0 bridgehead atoms. The maximum atomic E-state index is 14.5. The molecular formula is C48H73ClN16O8. The molecule has 2 unspecified atom stereocenters. The van der Waals surface area contributed by atoms with Crippen molar-refractivity contribution in [3.05, 3.63) is 53.6 Å². The molecule has 7 N–H and O–H groups in total. The molecule has 2 fully saturated rings. The number of halogens is 1. The predicted molar refractivity (Wildman–Crippen MR) is 274 cm³/mol. The van der Waals surface area contributed by atoms with Gasteiger partial charge in [-0.15, -0.1) is 29.0 Å². The fourth-order valence-corrected chi connectivity index (χ4v) is 8.46. The Bertz CT molecular complexity index is 2370. The number of nitrogens with two attached hydrogens (primary N) is 2. The molecular weight excluding hydrogens is 964 g/mol. The number of carbonyl (C=O) groups is 3. The number of anilines is 3. The van der Waals surface area contributed by atoms with Gasteiger partial charge in [0.05, 0.1) is 68.9 Å². The summed E-state index contributed by atoms with van der Waals surface area (Å²) in [5.74, 6) is 2.96. The monoisotopic (exact) mass is 1040 g/mol. The number of nitrogens with one attached hydrogen (secondary N) is 1. The van der Waals surface area contributed by atoms with Crippen molar-refractivity contribution < 1.29 is 38.8 Å². The Labute approximate surface area is 432 Å². The molecule has 24 nitrogen and oxygen atoms in total. The lowest BCUT2D eigenvalue weighted by atomic mass is 10.0. The number of carboxylic acids is 1.